The molecule has 2 aromatic heterocycles. The number of aromatic nitrogens is 2. The zero-order valence-corrected chi connectivity index (χ0v) is 9.38. The molecular weight excluding hydrogens is 233 g/mol. The maximum Gasteiger partial charge on any atom is 0.169 e. The van der Waals surface area contributed by atoms with E-state index in [0.29, 0.717) is 17.0 Å². The van der Waals surface area contributed by atoms with E-state index >= 15 is 0 Å². The van der Waals surface area contributed by atoms with Gasteiger partial charge in [0, 0.05) is 17.8 Å². The van der Waals surface area contributed by atoms with Crippen molar-refractivity contribution in [3.05, 3.63) is 60.1 Å². The van der Waals surface area contributed by atoms with Crippen LogP contribution in [0.25, 0.3) is 11.0 Å². The second-order valence-electron chi connectivity index (χ2n) is 3.89. The molecule has 2 N–H and O–H groups in total. The lowest BCUT2D eigenvalue weighted by atomic mass is 10.2. The van der Waals surface area contributed by atoms with Crippen molar-refractivity contribution in [1.82, 2.24) is 9.97 Å². The highest BCUT2D eigenvalue weighted by Crippen LogP contribution is 2.26. The van der Waals surface area contributed by atoms with Crippen molar-refractivity contribution in [3.8, 4) is 0 Å². The molecule has 0 aliphatic carbocycles. The molecule has 4 nitrogen and oxygen atoms in total. The summed E-state index contributed by atoms with van der Waals surface area (Å²) in [6.45, 7) is 0. The van der Waals surface area contributed by atoms with E-state index in [1.807, 2.05) is 0 Å². The molecular formula is C13H10FN3O. The highest BCUT2D eigenvalue weighted by molar-refractivity contribution is 5.78. The van der Waals surface area contributed by atoms with Crippen LogP contribution >= 0.6 is 0 Å². The van der Waals surface area contributed by atoms with E-state index < -0.39 is 11.9 Å². The van der Waals surface area contributed by atoms with Crippen LogP contribution < -0.4 is 5.73 Å². The van der Waals surface area contributed by atoms with Crippen LogP contribution in [0.5, 0.6) is 0 Å². The Kier molecular flexibility index (Phi) is 2.53. The molecule has 0 amide bonds. The zero-order chi connectivity index (χ0) is 12.5. The molecule has 1 atom stereocenters. The third-order valence-electron chi connectivity index (χ3n) is 2.69. The third kappa shape index (κ3) is 1.74. The molecule has 0 aliphatic heterocycles. The number of nitrogens with two attached hydrogens (primary N) is 1. The lowest BCUT2D eigenvalue weighted by Crippen LogP contribution is -2.14. The Labute approximate surface area is 102 Å². The molecule has 0 radical (unpaired) electrons. The normalized spacial score (nSPS) is 12.8. The molecule has 0 spiro atoms. The van der Waals surface area contributed by atoms with E-state index in [2.05, 4.69) is 9.97 Å². The van der Waals surface area contributed by atoms with Crippen LogP contribution in [0.1, 0.15) is 17.6 Å². The SMILES string of the molecule is NC(c1ncccn1)c1cc2cccc(F)c2o1. The summed E-state index contributed by atoms with van der Waals surface area (Å²) in [5.74, 6) is 0.484. The van der Waals surface area contributed by atoms with Crippen molar-refractivity contribution in [1.29, 1.82) is 0 Å². The summed E-state index contributed by atoms with van der Waals surface area (Å²) in [5, 5.41) is 0.677. The van der Waals surface area contributed by atoms with Gasteiger partial charge in [0.2, 0.25) is 0 Å². The molecule has 3 rings (SSSR count). The summed E-state index contributed by atoms with van der Waals surface area (Å²) < 4.78 is 18.9. The predicted molar refractivity (Wildman–Crippen MR) is 64.2 cm³/mol. The maximum absolute atomic E-state index is 13.5. The third-order valence-corrected chi connectivity index (χ3v) is 2.69. The number of fused-ring (bicyclic) bond motifs is 1. The van der Waals surface area contributed by atoms with Gasteiger partial charge in [-0.25, -0.2) is 14.4 Å². The zero-order valence-electron chi connectivity index (χ0n) is 9.38. The first-order valence-corrected chi connectivity index (χ1v) is 5.46. The number of furan rings is 1. The Morgan fingerprint density at radius 2 is 1.94 bits per heavy atom. The van der Waals surface area contributed by atoms with Gasteiger partial charge in [-0.2, -0.15) is 0 Å². The summed E-state index contributed by atoms with van der Waals surface area (Å²) in [6, 6.07) is 7.55. The van der Waals surface area contributed by atoms with E-state index in [0.717, 1.165) is 0 Å². The first kappa shape index (κ1) is 10.9. The van der Waals surface area contributed by atoms with Crippen molar-refractivity contribution in [2.45, 2.75) is 6.04 Å². The number of para-hydroxylation sites is 1. The van der Waals surface area contributed by atoms with Crippen LogP contribution in [0.4, 0.5) is 4.39 Å². The fourth-order valence-electron chi connectivity index (χ4n) is 1.80. The summed E-state index contributed by atoms with van der Waals surface area (Å²) >= 11 is 0. The highest BCUT2D eigenvalue weighted by atomic mass is 19.1. The number of nitrogens with zero attached hydrogens (tertiary/aromatic N) is 2. The fourth-order valence-corrected chi connectivity index (χ4v) is 1.80. The number of hydrogen-bond acceptors (Lipinski definition) is 4. The van der Waals surface area contributed by atoms with E-state index in [1.165, 1.54) is 6.07 Å². The number of rotatable bonds is 2. The van der Waals surface area contributed by atoms with Gasteiger partial charge in [-0.05, 0) is 18.2 Å². The highest BCUT2D eigenvalue weighted by Gasteiger charge is 2.17. The number of halogens is 1. The molecule has 0 saturated heterocycles. The van der Waals surface area contributed by atoms with Gasteiger partial charge in [0.15, 0.2) is 17.2 Å². The number of benzene rings is 1. The molecule has 1 aromatic carbocycles. The fraction of sp³-hybridized carbons (Fsp3) is 0.0769. The topological polar surface area (TPSA) is 64.9 Å². The molecule has 90 valence electrons. The van der Waals surface area contributed by atoms with Crippen LogP contribution in [0.3, 0.4) is 0 Å². The van der Waals surface area contributed by atoms with Crippen molar-refractivity contribution in [2.75, 3.05) is 0 Å². The van der Waals surface area contributed by atoms with Gasteiger partial charge >= 0.3 is 0 Å². The first-order valence-electron chi connectivity index (χ1n) is 5.46. The van der Waals surface area contributed by atoms with Gasteiger partial charge in [0.05, 0.1) is 0 Å². The van der Waals surface area contributed by atoms with Crippen LogP contribution in [-0.4, -0.2) is 9.97 Å². The van der Waals surface area contributed by atoms with Gasteiger partial charge in [-0.15, -0.1) is 0 Å². The Balaban J connectivity index is 2.07. The minimum atomic E-state index is -0.599. The Morgan fingerprint density at radius 1 is 1.17 bits per heavy atom. The summed E-state index contributed by atoms with van der Waals surface area (Å²) in [6.07, 6.45) is 3.21. The van der Waals surface area contributed by atoms with Gasteiger partial charge < -0.3 is 10.2 Å². The monoisotopic (exact) mass is 243 g/mol. The molecule has 1 unspecified atom stereocenters. The van der Waals surface area contributed by atoms with Crippen LogP contribution in [0, 0.1) is 5.82 Å². The van der Waals surface area contributed by atoms with Crippen molar-refractivity contribution in [3.63, 3.8) is 0 Å². The Morgan fingerprint density at radius 3 is 2.67 bits per heavy atom. The minimum Gasteiger partial charge on any atom is -0.456 e. The summed E-state index contributed by atoms with van der Waals surface area (Å²) in [7, 11) is 0. The Hall–Kier alpha value is -2.27. The lowest BCUT2D eigenvalue weighted by Gasteiger charge is -2.05. The second kappa shape index (κ2) is 4.19. The average Bonchev–Trinajstić information content (AvgIpc) is 2.84. The minimum absolute atomic E-state index is 0.207. The lowest BCUT2D eigenvalue weighted by molar-refractivity contribution is 0.495. The van der Waals surface area contributed by atoms with E-state index in [1.54, 1.807) is 36.7 Å². The Bertz CT molecular complexity index is 681. The molecule has 0 saturated carbocycles. The summed E-state index contributed by atoms with van der Waals surface area (Å²) in [5.41, 5.74) is 6.20. The maximum atomic E-state index is 13.5. The van der Waals surface area contributed by atoms with Crippen LogP contribution in [-0.2, 0) is 0 Å². The van der Waals surface area contributed by atoms with Crippen LogP contribution in [0.15, 0.2) is 47.1 Å². The molecule has 0 fully saturated rings. The first-order chi connectivity index (χ1) is 8.75. The number of hydrogen-bond donors (Lipinski definition) is 1. The summed E-state index contributed by atoms with van der Waals surface area (Å²) in [4.78, 5) is 8.12. The molecule has 5 heteroatoms. The van der Waals surface area contributed by atoms with Crippen molar-refractivity contribution >= 4 is 11.0 Å². The van der Waals surface area contributed by atoms with Crippen molar-refractivity contribution < 1.29 is 8.81 Å². The predicted octanol–water partition coefficient (Wildman–Crippen LogP) is 2.41. The van der Waals surface area contributed by atoms with Crippen LogP contribution in [0.2, 0.25) is 0 Å². The molecule has 3 aromatic rings. The van der Waals surface area contributed by atoms with Gasteiger partial charge in [-0.1, -0.05) is 12.1 Å². The molecule has 0 bridgehead atoms. The second-order valence-corrected chi connectivity index (χ2v) is 3.89. The van der Waals surface area contributed by atoms with E-state index in [9.17, 15) is 4.39 Å². The van der Waals surface area contributed by atoms with Crippen molar-refractivity contribution in [2.24, 2.45) is 5.73 Å². The van der Waals surface area contributed by atoms with E-state index in [4.69, 9.17) is 10.2 Å². The smallest absolute Gasteiger partial charge is 0.169 e. The molecule has 18 heavy (non-hydrogen) atoms. The largest absolute Gasteiger partial charge is 0.456 e. The average molecular weight is 243 g/mol. The molecule has 2 heterocycles. The van der Waals surface area contributed by atoms with Gasteiger partial charge in [0.25, 0.3) is 0 Å². The standard InChI is InChI=1S/C13H10FN3O/c14-9-4-1-3-8-7-10(18-12(8)9)11(15)13-16-5-2-6-17-13/h1-7,11H,15H2. The molecule has 0 aliphatic rings. The van der Waals surface area contributed by atoms with Gasteiger partial charge in [0.1, 0.15) is 11.8 Å². The van der Waals surface area contributed by atoms with Gasteiger partial charge in [-0.3, -0.25) is 0 Å². The quantitative estimate of drug-likeness (QED) is 0.750. The van der Waals surface area contributed by atoms with E-state index in [-0.39, 0.29) is 5.58 Å².